The fourth-order valence-corrected chi connectivity index (χ4v) is 2.99. The summed E-state index contributed by atoms with van der Waals surface area (Å²) >= 11 is 11.4. The fourth-order valence-electron chi connectivity index (χ4n) is 1.63. The van der Waals surface area contributed by atoms with Gasteiger partial charge < -0.3 is 11.1 Å². The highest BCUT2D eigenvalue weighted by molar-refractivity contribution is 9.11. The van der Waals surface area contributed by atoms with E-state index in [2.05, 4.69) is 37.2 Å². The quantitative estimate of drug-likeness (QED) is 0.714. The summed E-state index contributed by atoms with van der Waals surface area (Å²) in [6.07, 6.45) is 0. The molecule has 0 bridgehead atoms. The monoisotopic (exact) mass is 430 g/mol. The minimum Gasteiger partial charge on any atom is -0.389 e. The molecule has 108 valence electrons. The van der Waals surface area contributed by atoms with Gasteiger partial charge >= 0.3 is 0 Å². The van der Waals surface area contributed by atoms with Crippen LogP contribution in [0.5, 0.6) is 0 Å². The largest absolute Gasteiger partial charge is 0.389 e. The van der Waals surface area contributed by atoms with E-state index in [9.17, 15) is 9.18 Å². The molecule has 2 rings (SSSR count). The molecule has 0 aliphatic heterocycles. The predicted octanol–water partition coefficient (Wildman–Crippen LogP) is 4.24. The normalized spacial score (nSPS) is 10.2. The van der Waals surface area contributed by atoms with Crippen molar-refractivity contribution in [2.75, 3.05) is 5.32 Å². The number of hydrogen-bond donors (Lipinski definition) is 2. The highest BCUT2D eigenvalue weighted by atomic mass is 79.9. The number of thiocarbonyl (C=S) groups is 1. The molecule has 1 amide bonds. The number of carbonyl (C=O) groups is 1. The molecule has 2 aromatic carbocycles. The molecule has 3 N–H and O–H groups in total. The molecule has 0 fully saturated rings. The molecule has 0 saturated carbocycles. The fraction of sp³-hybridized carbons (Fsp3) is 0. The molecule has 0 radical (unpaired) electrons. The van der Waals surface area contributed by atoms with Crippen molar-refractivity contribution in [3.8, 4) is 0 Å². The first-order valence-corrected chi connectivity index (χ1v) is 7.73. The highest BCUT2D eigenvalue weighted by Gasteiger charge is 2.13. The molecular weight excluding hydrogens is 423 g/mol. The van der Waals surface area contributed by atoms with Crippen LogP contribution in [0.1, 0.15) is 15.9 Å². The van der Waals surface area contributed by atoms with Gasteiger partial charge in [-0.05, 0) is 52.3 Å². The minimum absolute atomic E-state index is 0.0646. The molecule has 21 heavy (non-hydrogen) atoms. The van der Waals surface area contributed by atoms with Gasteiger partial charge in [-0.2, -0.15) is 0 Å². The lowest BCUT2D eigenvalue weighted by Gasteiger charge is -2.09. The Morgan fingerprint density at radius 2 is 1.90 bits per heavy atom. The SMILES string of the molecule is NC(=S)c1ccc(NC(=O)c2ccc(Br)cc2Br)c(F)c1. The molecule has 7 heteroatoms. The number of carbonyl (C=O) groups excluding carboxylic acids is 1. The van der Waals surface area contributed by atoms with Crippen molar-refractivity contribution in [3.63, 3.8) is 0 Å². The summed E-state index contributed by atoms with van der Waals surface area (Å²) in [6, 6.07) is 9.26. The van der Waals surface area contributed by atoms with E-state index < -0.39 is 11.7 Å². The van der Waals surface area contributed by atoms with Crippen LogP contribution >= 0.6 is 44.1 Å². The number of halogens is 3. The van der Waals surface area contributed by atoms with Crippen molar-refractivity contribution in [3.05, 3.63) is 62.3 Å². The van der Waals surface area contributed by atoms with Gasteiger partial charge in [-0.1, -0.05) is 28.1 Å². The molecule has 2 aromatic rings. The summed E-state index contributed by atoms with van der Waals surface area (Å²) in [5, 5.41) is 2.51. The smallest absolute Gasteiger partial charge is 0.256 e. The Morgan fingerprint density at radius 1 is 1.19 bits per heavy atom. The van der Waals surface area contributed by atoms with Gasteiger partial charge in [0.25, 0.3) is 5.91 Å². The van der Waals surface area contributed by atoms with E-state index in [1.54, 1.807) is 24.3 Å². The third-order valence-electron chi connectivity index (χ3n) is 2.68. The first kappa shape index (κ1) is 16.1. The summed E-state index contributed by atoms with van der Waals surface area (Å²) in [5.41, 5.74) is 6.30. The molecule has 0 aromatic heterocycles. The van der Waals surface area contributed by atoms with Gasteiger partial charge in [0.15, 0.2) is 0 Å². The van der Waals surface area contributed by atoms with Gasteiger partial charge in [-0.15, -0.1) is 0 Å². The number of benzene rings is 2. The van der Waals surface area contributed by atoms with Gasteiger partial charge in [0, 0.05) is 14.5 Å². The Morgan fingerprint density at radius 3 is 2.48 bits per heavy atom. The van der Waals surface area contributed by atoms with Gasteiger partial charge in [0.1, 0.15) is 10.8 Å². The van der Waals surface area contributed by atoms with Crippen LogP contribution in [0.3, 0.4) is 0 Å². The number of nitrogens with one attached hydrogen (secondary N) is 1. The molecule has 0 aliphatic rings. The van der Waals surface area contributed by atoms with Gasteiger partial charge in [0.05, 0.1) is 11.3 Å². The Labute approximate surface area is 143 Å². The zero-order valence-corrected chi connectivity index (χ0v) is 14.5. The molecule has 3 nitrogen and oxygen atoms in total. The van der Waals surface area contributed by atoms with E-state index in [4.69, 9.17) is 18.0 Å². The second-order valence-corrected chi connectivity index (χ2v) is 6.35. The van der Waals surface area contributed by atoms with Crippen molar-refractivity contribution < 1.29 is 9.18 Å². The third-order valence-corrected chi connectivity index (χ3v) is 4.06. The first-order valence-electron chi connectivity index (χ1n) is 5.74. The first-order chi connectivity index (χ1) is 9.88. The van der Waals surface area contributed by atoms with Gasteiger partial charge in [-0.25, -0.2) is 4.39 Å². The molecule has 0 heterocycles. The van der Waals surface area contributed by atoms with Crippen molar-refractivity contribution in [1.82, 2.24) is 0 Å². The van der Waals surface area contributed by atoms with E-state index >= 15 is 0 Å². The van der Waals surface area contributed by atoms with E-state index in [0.717, 1.165) is 4.47 Å². The van der Waals surface area contributed by atoms with Crippen molar-refractivity contribution in [2.45, 2.75) is 0 Å². The molecule has 0 aliphatic carbocycles. The standard InChI is InChI=1S/C14H9Br2FN2OS/c15-8-2-3-9(10(16)6-8)14(20)19-12-4-1-7(13(18)21)5-11(12)17/h1-6H,(H2,18,21)(H,19,20). The zero-order chi connectivity index (χ0) is 15.6. The average molecular weight is 432 g/mol. The van der Waals surface area contributed by atoms with Crippen molar-refractivity contribution in [1.29, 1.82) is 0 Å². The maximum absolute atomic E-state index is 13.9. The Bertz CT molecular complexity index is 737. The van der Waals surface area contributed by atoms with Crippen LogP contribution in [-0.2, 0) is 0 Å². The van der Waals surface area contributed by atoms with Crippen LogP contribution in [0.25, 0.3) is 0 Å². The maximum Gasteiger partial charge on any atom is 0.256 e. The van der Waals surface area contributed by atoms with Crippen LogP contribution in [-0.4, -0.2) is 10.9 Å². The Hall–Kier alpha value is -1.31. The molecule has 0 saturated heterocycles. The summed E-state index contributed by atoms with van der Waals surface area (Å²) in [6.45, 7) is 0. The van der Waals surface area contributed by atoms with E-state index in [1.807, 2.05) is 0 Å². The molecule has 0 atom stereocenters. The Balaban J connectivity index is 2.25. The van der Waals surface area contributed by atoms with Crippen molar-refractivity contribution in [2.24, 2.45) is 5.73 Å². The summed E-state index contributed by atoms with van der Waals surface area (Å²) < 4.78 is 15.3. The van der Waals surface area contributed by atoms with Crippen LogP contribution in [0.4, 0.5) is 10.1 Å². The number of anilines is 1. The third kappa shape index (κ3) is 3.87. The number of rotatable bonds is 3. The molecule has 0 unspecified atom stereocenters. The second kappa shape index (κ2) is 6.64. The summed E-state index contributed by atoms with van der Waals surface area (Å²) in [4.78, 5) is 12.2. The lowest BCUT2D eigenvalue weighted by molar-refractivity contribution is 0.102. The van der Waals surface area contributed by atoms with Gasteiger partial charge in [-0.3, -0.25) is 4.79 Å². The van der Waals surface area contributed by atoms with E-state index in [-0.39, 0.29) is 10.7 Å². The van der Waals surface area contributed by atoms with Crippen LogP contribution in [0.15, 0.2) is 45.3 Å². The molecule has 0 spiro atoms. The number of hydrogen-bond acceptors (Lipinski definition) is 2. The van der Waals surface area contributed by atoms with E-state index in [0.29, 0.717) is 15.6 Å². The minimum atomic E-state index is -0.595. The number of nitrogens with two attached hydrogens (primary N) is 1. The Kier molecular flexibility index (Phi) is 5.08. The van der Waals surface area contributed by atoms with Crippen LogP contribution in [0.2, 0.25) is 0 Å². The number of amides is 1. The van der Waals surface area contributed by atoms with E-state index in [1.165, 1.54) is 12.1 Å². The highest BCUT2D eigenvalue weighted by Crippen LogP contribution is 2.24. The van der Waals surface area contributed by atoms with Crippen molar-refractivity contribution >= 4 is 60.7 Å². The lowest BCUT2D eigenvalue weighted by atomic mass is 10.1. The average Bonchev–Trinajstić information content (AvgIpc) is 2.40. The maximum atomic E-state index is 13.9. The molecular formula is C14H9Br2FN2OS. The lowest BCUT2D eigenvalue weighted by Crippen LogP contribution is -2.15. The topological polar surface area (TPSA) is 55.1 Å². The second-order valence-electron chi connectivity index (χ2n) is 4.14. The summed E-state index contributed by atoms with van der Waals surface area (Å²) in [5.74, 6) is -1.02. The summed E-state index contributed by atoms with van der Waals surface area (Å²) in [7, 11) is 0. The van der Waals surface area contributed by atoms with Gasteiger partial charge in [0.2, 0.25) is 0 Å². The van der Waals surface area contributed by atoms with Crippen LogP contribution in [0, 0.1) is 5.82 Å². The predicted molar refractivity (Wildman–Crippen MR) is 92.1 cm³/mol. The zero-order valence-electron chi connectivity index (χ0n) is 10.5. The van der Waals surface area contributed by atoms with Crippen LogP contribution < -0.4 is 11.1 Å².